The molecule has 0 radical (unpaired) electrons. The number of carboxylic acid groups (broad SMARTS) is 1. The minimum absolute atomic E-state index is 0.107. The van der Waals surface area contributed by atoms with Gasteiger partial charge >= 0.3 is 5.97 Å². The van der Waals surface area contributed by atoms with Crippen molar-refractivity contribution in [3.63, 3.8) is 0 Å². The Labute approximate surface area is 259 Å². The van der Waals surface area contributed by atoms with Gasteiger partial charge in [0.05, 0.1) is 18.7 Å². The Bertz CT molecular complexity index is 1670. The number of nitrogens with one attached hydrogen (secondary N) is 2. The Balaban J connectivity index is 1.36. The molecule has 5 rings (SSSR count). The summed E-state index contributed by atoms with van der Waals surface area (Å²) in [4.78, 5) is 12.2. The Morgan fingerprint density at radius 2 is 1.82 bits per heavy atom. The second kappa shape index (κ2) is 15.1. The van der Waals surface area contributed by atoms with E-state index in [1.807, 2.05) is 60.7 Å². The lowest BCUT2D eigenvalue weighted by Gasteiger charge is -2.23. The molecule has 226 valence electrons. The molecule has 0 fully saturated rings. The van der Waals surface area contributed by atoms with Crippen molar-refractivity contribution in [1.82, 2.24) is 14.9 Å². The molecule has 0 amide bonds. The molecule has 0 bridgehead atoms. The summed E-state index contributed by atoms with van der Waals surface area (Å²) in [6.07, 6.45) is 1.32. The molecule has 0 aliphatic carbocycles. The highest BCUT2D eigenvalue weighted by atomic mass is 32.1. The van der Waals surface area contributed by atoms with Gasteiger partial charge in [0.15, 0.2) is 0 Å². The first-order chi connectivity index (χ1) is 21.5. The van der Waals surface area contributed by atoms with E-state index in [1.165, 1.54) is 23.7 Å². The zero-order chi connectivity index (χ0) is 30.7. The van der Waals surface area contributed by atoms with Crippen LogP contribution in [0.25, 0.3) is 11.3 Å². The van der Waals surface area contributed by atoms with E-state index in [0.717, 1.165) is 28.9 Å². The number of benzene rings is 4. The van der Waals surface area contributed by atoms with Gasteiger partial charge in [-0.05, 0) is 84.0 Å². The molecule has 3 N–H and O–H groups in total. The Hall–Kier alpha value is -4.80. The number of hydrogen-bond donors (Lipinski definition) is 3. The van der Waals surface area contributed by atoms with Gasteiger partial charge in [-0.3, -0.25) is 0 Å². The van der Waals surface area contributed by atoms with Crippen LogP contribution in [0.1, 0.15) is 45.9 Å². The van der Waals surface area contributed by atoms with Crippen LogP contribution in [0.15, 0.2) is 96.4 Å². The molecular formula is C34H33FN4O4S. The molecule has 0 saturated heterocycles. The van der Waals surface area contributed by atoms with Crippen molar-refractivity contribution in [3.8, 4) is 22.8 Å². The highest BCUT2D eigenvalue weighted by molar-refractivity contribution is 7.03. The van der Waals surface area contributed by atoms with E-state index in [0.29, 0.717) is 48.8 Å². The van der Waals surface area contributed by atoms with Crippen LogP contribution in [-0.2, 0) is 13.2 Å². The smallest absolute Gasteiger partial charge is 0.337 e. The van der Waals surface area contributed by atoms with Gasteiger partial charge in [0.25, 0.3) is 0 Å². The molecule has 10 heteroatoms. The van der Waals surface area contributed by atoms with Crippen LogP contribution in [0, 0.1) is 5.82 Å². The van der Waals surface area contributed by atoms with Crippen LogP contribution in [0.4, 0.5) is 10.1 Å². The molecule has 1 atom stereocenters. The average Bonchev–Trinajstić information content (AvgIpc) is 3.59. The average molecular weight is 613 g/mol. The highest BCUT2D eigenvalue weighted by Crippen LogP contribution is 2.32. The predicted molar refractivity (Wildman–Crippen MR) is 170 cm³/mol. The molecule has 0 saturated carbocycles. The summed E-state index contributed by atoms with van der Waals surface area (Å²) in [7, 11) is 1.64. The number of anilines is 1. The van der Waals surface area contributed by atoms with Crippen LogP contribution in [0.3, 0.4) is 0 Å². The molecule has 0 aliphatic heterocycles. The van der Waals surface area contributed by atoms with Crippen molar-refractivity contribution in [2.24, 2.45) is 0 Å². The van der Waals surface area contributed by atoms with Gasteiger partial charge in [0.2, 0.25) is 0 Å². The number of rotatable bonds is 15. The van der Waals surface area contributed by atoms with Crippen LogP contribution >= 0.6 is 11.5 Å². The first-order valence-electron chi connectivity index (χ1n) is 14.2. The maximum Gasteiger partial charge on any atom is 0.337 e. The van der Waals surface area contributed by atoms with Gasteiger partial charge in [-0.15, -0.1) is 5.10 Å². The van der Waals surface area contributed by atoms with Gasteiger partial charge in [-0.25, -0.2) is 9.18 Å². The van der Waals surface area contributed by atoms with Crippen molar-refractivity contribution in [2.75, 3.05) is 19.0 Å². The maximum absolute atomic E-state index is 15.0. The number of carboxylic acids is 1. The van der Waals surface area contributed by atoms with Gasteiger partial charge in [0, 0.05) is 29.2 Å². The van der Waals surface area contributed by atoms with E-state index < -0.39 is 17.8 Å². The third-order valence-electron chi connectivity index (χ3n) is 7.09. The molecule has 4 aromatic carbocycles. The summed E-state index contributed by atoms with van der Waals surface area (Å²) >= 11 is 1.22. The second-order valence-electron chi connectivity index (χ2n) is 10.2. The van der Waals surface area contributed by atoms with Crippen molar-refractivity contribution in [1.29, 1.82) is 0 Å². The van der Waals surface area contributed by atoms with Crippen LogP contribution in [-0.4, -0.2) is 34.3 Å². The molecule has 44 heavy (non-hydrogen) atoms. The highest BCUT2D eigenvalue weighted by Gasteiger charge is 2.19. The van der Waals surface area contributed by atoms with Crippen LogP contribution in [0.2, 0.25) is 0 Å². The van der Waals surface area contributed by atoms with Gasteiger partial charge in [0.1, 0.15) is 29.6 Å². The molecule has 1 aromatic heterocycles. The molecule has 1 heterocycles. The third-order valence-corrected chi connectivity index (χ3v) is 7.59. The van der Waals surface area contributed by atoms with E-state index in [4.69, 9.17) is 9.47 Å². The summed E-state index contributed by atoms with van der Waals surface area (Å²) < 4.78 is 30.2. The zero-order valence-electron chi connectivity index (χ0n) is 24.2. The fraction of sp³-hybridized carbons (Fsp3) is 0.206. The summed E-state index contributed by atoms with van der Waals surface area (Å²) in [6.45, 7) is 1.65. The topological polar surface area (TPSA) is 106 Å². The van der Waals surface area contributed by atoms with Crippen LogP contribution in [0.5, 0.6) is 11.5 Å². The molecule has 5 aromatic rings. The fourth-order valence-corrected chi connectivity index (χ4v) is 5.33. The molecule has 0 aliphatic rings. The van der Waals surface area contributed by atoms with Gasteiger partial charge in [-0.2, -0.15) is 0 Å². The fourth-order valence-electron chi connectivity index (χ4n) is 4.87. The SMILES string of the molecule is COc1cccc(CNCCCC(Nc2cc(-c3csnn3)ccc2C(=O)O)c2cc(F)cc(OCc3ccccc3)c2)c1. The van der Waals surface area contributed by atoms with Crippen molar-refractivity contribution < 1.29 is 23.8 Å². The second-order valence-corrected chi connectivity index (χ2v) is 10.8. The lowest BCUT2D eigenvalue weighted by Crippen LogP contribution is -2.19. The minimum atomic E-state index is -1.07. The van der Waals surface area contributed by atoms with E-state index in [1.54, 1.807) is 30.7 Å². The number of nitrogens with zero attached hydrogens (tertiary/aromatic N) is 2. The third kappa shape index (κ3) is 8.40. The van der Waals surface area contributed by atoms with Crippen molar-refractivity contribution in [2.45, 2.75) is 32.0 Å². The Morgan fingerprint density at radius 1 is 0.977 bits per heavy atom. The number of ether oxygens (including phenoxy) is 2. The molecule has 0 spiro atoms. The normalized spacial score (nSPS) is 11.6. The Kier molecular flexibility index (Phi) is 10.5. The van der Waals surface area contributed by atoms with Gasteiger partial charge < -0.3 is 25.2 Å². The quantitative estimate of drug-likeness (QED) is 0.105. The first kappa shape index (κ1) is 30.7. The number of hydrogen-bond acceptors (Lipinski definition) is 8. The lowest BCUT2D eigenvalue weighted by molar-refractivity contribution is 0.0698. The van der Waals surface area contributed by atoms with E-state index in [9.17, 15) is 14.3 Å². The summed E-state index contributed by atoms with van der Waals surface area (Å²) in [5.74, 6) is -0.308. The monoisotopic (exact) mass is 612 g/mol. The number of aromatic nitrogens is 2. The molecular weight excluding hydrogens is 579 g/mol. The standard InChI is InChI=1S/C34H33FN4O4S/c1-42-28-10-5-9-24(15-28)20-36-14-6-11-31(26-16-27(35)19-29(17-26)43-21-23-7-3-2-4-8-23)37-32-18-25(33-22-44-39-38-33)12-13-30(32)34(40)41/h2-5,7-10,12-13,15-19,22,31,36-37H,6,11,14,20-21H2,1H3,(H,40,41). The van der Waals surface area contributed by atoms with Crippen molar-refractivity contribution >= 4 is 23.2 Å². The zero-order valence-corrected chi connectivity index (χ0v) is 25.0. The number of methoxy groups -OCH3 is 1. The number of aromatic carboxylic acids is 1. The number of halogens is 1. The largest absolute Gasteiger partial charge is 0.497 e. The summed E-state index contributed by atoms with van der Waals surface area (Å²) in [5, 5.41) is 22.7. The summed E-state index contributed by atoms with van der Waals surface area (Å²) in [6, 6.07) is 26.8. The van der Waals surface area contributed by atoms with E-state index >= 15 is 0 Å². The first-order valence-corrected chi connectivity index (χ1v) is 15.0. The minimum Gasteiger partial charge on any atom is -0.497 e. The maximum atomic E-state index is 15.0. The van der Waals surface area contributed by atoms with Gasteiger partial charge in [-0.1, -0.05) is 53.0 Å². The predicted octanol–water partition coefficient (Wildman–Crippen LogP) is 7.35. The van der Waals surface area contributed by atoms with E-state index in [-0.39, 0.29) is 5.56 Å². The lowest BCUT2D eigenvalue weighted by atomic mass is 9.99. The summed E-state index contributed by atoms with van der Waals surface area (Å²) in [5.41, 5.74) is 4.62. The number of carbonyl (C=O) groups is 1. The molecule has 1 unspecified atom stereocenters. The molecule has 8 nitrogen and oxygen atoms in total. The Morgan fingerprint density at radius 3 is 2.59 bits per heavy atom. The van der Waals surface area contributed by atoms with Crippen molar-refractivity contribution in [3.05, 3.63) is 124 Å². The van der Waals surface area contributed by atoms with E-state index in [2.05, 4.69) is 20.2 Å². The van der Waals surface area contributed by atoms with Crippen LogP contribution < -0.4 is 20.1 Å².